The highest BCUT2D eigenvalue weighted by Crippen LogP contribution is 2.16. The largest absolute Gasteiger partial charge is 0.465 e. The number of benzene rings is 1. The topological polar surface area (TPSA) is 98.5 Å². The summed E-state index contributed by atoms with van der Waals surface area (Å²) in [4.78, 5) is 11.5. The van der Waals surface area contributed by atoms with Crippen molar-refractivity contribution in [2.24, 2.45) is 5.73 Å². The minimum atomic E-state index is -3.63. The van der Waals surface area contributed by atoms with Crippen molar-refractivity contribution in [1.82, 2.24) is 4.72 Å². The Kier molecular flexibility index (Phi) is 7.15. The highest BCUT2D eigenvalue weighted by molar-refractivity contribution is 7.89. The molecule has 6 nitrogen and oxygen atoms in total. The first kappa shape index (κ1) is 18.9. The smallest absolute Gasteiger partial charge is 0.338 e. The lowest BCUT2D eigenvalue weighted by molar-refractivity contribution is 0.0600. The molecule has 3 N–H and O–H groups in total. The van der Waals surface area contributed by atoms with E-state index in [9.17, 15) is 13.2 Å². The molecule has 0 bridgehead atoms. The second-order valence-electron chi connectivity index (χ2n) is 4.23. The van der Waals surface area contributed by atoms with Gasteiger partial charge < -0.3 is 10.5 Å². The van der Waals surface area contributed by atoms with Gasteiger partial charge in [0, 0.05) is 12.6 Å². The molecule has 0 spiro atoms. The van der Waals surface area contributed by atoms with Gasteiger partial charge in [-0.3, -0.25) is 0 Å². The van der Waals surface area contributed by atoms with Crippen LogP contribution in [0.25, 0.3) is 0 Å². The number of aryl methyl sites for hydroxylation is 1. The van der Waals surface area contributed by atoms with Gasteiger partial charge in [0.25, 0.3) is 0 Å². The van der Waals surface area contributed by atoms with Crippen molar-refractivity contribution in [2.75, 3.05) is 13.7 Å². The van der Waals surface area contributed by atoms with Crippen molar-refractivity contribution in [1.29, 1.82) is 0 Å². The molecule has 0 saturated heterocycles. The molecule has 0 saturated carbocycles. The second-order valence-corrected chi connectivity index (χ2v) is 5.94. The van der Waals surface area contributed by atoms with Crippen molar-refractivity contribution in [3.05, 3.63) is 29.3 Å². The number of nitrogens with two attached hydrogens (primary N) is 1. The van der Waals surface area contributed by atoms with Gasteiger partial charge in [-0.25, -0.2) is 17.9 Å². The van der Waals surface area contributed by atoms with Crippen molar-refractivity contribution in [2.45, 2.75) is 24.8 Å². The van der Waals surface area contributed by atoms with Crippen LogP contribution < -0.4 is 10.5 Å². The van der Waals surface area contributed by atoms with E-state index in [1.807, 2.05) is 0 Å². The van der Waals surface area contributed by atoms with Crippen LogP contribution >= 0.6 is 12.4 Å². The first-order valence-corrected chi connectivity index (χ1v) is 7.21. The van der Waals surface area contributed by atoms with E-state index in [0.717, 1.165) is 0 Å². The van der Waals surface area contributed by atoms with Crippen LogP contribution in [0.3, 0.4) is 0 Å². The SMILES string of the molecule is COC(=O)c1ccc(S(=O)(=O)N[C@@H](C)CN)cc1C.Cl. The maximum atomic E-state index is 12.0. The summed E-state index contributed by atoms with van der Waals surface area (Å²) in [6, 6.07) is 3.87. The van der Waals surface area contributed by atoms with Gasteiger partial charge in [-0.2, -0.15) is 0 Å². The van der Waals surface area contributed by atoms with Crippen LogP contribution in [0.1, 0.15) is 22.8 Å². The van der Waals surface area contributed by atoms with Gasteiger partial charge >= 0.3 is 5.97 Å². The zero-order valence-electron chi connectivity index (χ0n) is 11.5. The standard InChI is InChI=1S/C12H18N2O4S.ClH/c1-8-6-10(4-5-11(8)12(15)18-3)19(16,17)14-9(2)7-13;/h4-6,9,14H,7,13H2,1-3H3;1H/t9-;/m0./s1. The Morgan fingerprint density at radius 1 is 1.45 bits per heavy atom. The van der Waals surface area contributed by atoms with Crippen LogP contribution in [0.5, 0.6) is 0 Å². The first-order valence-electron chi connectivity index (χ1n) is 5.73. The van der Waals surface area contributed by atoms with Crippen LogP contribution in [-0.2, 0) is 14.8 Å². The average molecular weight is 323 g/mol. The lowest BCUT2D eigenvalue weighted by Gasteiger charge is -2.13. The van der Waals surface area contributed by atoms with Gasteiger partial charge in [0.2, 0.25) is 10.0 Å². The van der Waals surface area contributed by atoms with Crippen molar-refractivity contribution in [3.8, 4) is 0 Å². The monoisotopic (exact) mass is 322 g/mol. The van der Waals surface area contributed by atoms with Gasteiger partial charge in [-0.15, -0.1) is 12.4 Å². The average Bonchev–Trinajstić information content (AvgIpc) is 2.37. The minimum absolute atomic E-state index is 0. The maximum absolute atomic E-state index is 12.0. The number of carbonyl (C=O) groups excluding carboxylic acids is 1. The van der Waals surface area contributed by atoms with Gasteiger partial charge in [-0.05, 0) is 37.6 Å². The highest BCUT2D eigenvalue weighted by atomic mass is 35.5. The van der Waals surface area contributed by atoms with Crippen LogP contribution in [0, 0.1) is 6.92 Å². The van der Waals surface area contributed by atoms with E-state index in [0.29, 0.717) is 11.1 Å². The summed E-state index contributed by atoms with van der Waals surface area (Å²) in [6.07, 6.45) is 0. The van der Waals surface area contributed by atoms with Crippen LogP contribution in [0.15, 0.2) is 23.1 Å². The van der Waals surface area contributed by atoms with E-state index in [4.69, 9.17) is 5.73 Å². The molecule has 0 amide bonds. The van der Waals surface area contributed by atoms with E-state index in [-0.39, 0.29) is 29.9 Å². The van der Waals surface area contributed by atoms with Crippen LogP contribution in [0.4, 0.5) is 0 Å². The second kappa shape index (κ2) is 7.58. The summed E-state index contributed by atoms with van der Waals surface area (Å²) in [5, 5.41) is 0. The number of hydrogen-bond donors (Lipinski definition) is 2. The van der Waals surface area contributed by atoms with Gasteiger partial charge in [0.1, 0.15) is 0 Å². The van der Waals surface area contributed by atoms with Crippen LogP contribution in [-0.4, -0.2) is 34.1 Å². The Labute approximate surface area is 125 Å². The molecule has 114 valence electrons. The quantitative estimate of drug-likeness (QED) is 0.782. The van der Waals surface area contributed by atoms with E-state index in [1.165, 1.54) is 25.3 Å². The number of sulfonamides is 1. The molecular formula is C12H19ClN2O4S. The third kappa shape index (κ3) is 4.45. The summed E-state index contributed by atoms with van der Waals surface area (Å²) < 4.78 is 31.1. The van der Waals surface area contributed by atoms with E-state index in [2.05, 4.69) is 9.46 Å². The number of ether oxygens (including phenoxy) is 1. The predicted molar refractivity (Wildman–Crippen MR) is 78.6 cm³/mol. The number of rotatable bonds is 5. The highest BCUT2D eigenvalue weighted by Gasteiger charge is 2.19. The molecule has 20 heavy (non-hydrogen) atoms. The van der Waals surface area contributed by atoms with E-state index < -0.39 is 16.0 Å². The molecule has 8 heteroatoms. The zero-order valence-corrected chi connectivity index (χ0v) is 13.2. The molecule has 0 aromatic heterocycles. The third-order valence-electron chi connectivity index (χ3n) is 2.62. The van der Waals surface area contributed by atoms with Crippen molar-refractivity contribution in [3.63, 3.8) is 0 Å². The molecule has 0 radical (unpaired) electrons. The maximum Gasteiger partial charge on any atom is 0.338 e. The normalized spacial score (nSPS) is 12.4. The summed E-state index contributed by atoms with van der Waals surface area (Å²) in [7, 11) is -2.35. The fourth-order valence-electron chi connectivity index (χ4n) is 1.52. The zero-order chi connectivity index (χ0) is 14.6. The summed E-state index contributed by atoms with van der Waals surface area (Å²) >= 11 is 0. The fourth-order valence-corrected chi connectivity index (χ4v) is 2.86. The lowest BCUT2D eigenvalue weighted by Crippen LogP contribution is -2.37. The summed E-state index contributed by atoms with van der Waals surface area (Å²) in [5.74, 6) is -0.496. The number of halogens is 1. The third-order valence-corrected chi connectivity index (χ3v) is 4.21. The Balaban J connectivity index is 0.00000361. The molecule has 1 rings (SSSR count). The Bertz CT molecular complexity index is 575. The molecule has 1 atom stereocenters. The summed E-state index contributed by atoms with van der Waals surface area (Å²) in [5.41, 5.74) is 6.26. The van der Waals surface area contributed by atoms with Gasteiger partial charge in [-0.1, -0.05) is 0 Å². The molecule has 0 unspecified atom stereocenters. The summed E-state index contributed by atoms with van der Waals surface area (Å²) in [6.45, 7) is 3.53. The molecule has 0 aliphatic heterocycles. The van der Waals surface area contributed by atoms with Crippen LogP contribution in [0.2, 0.25) is 0 Å². The molecule has 1 aromatic carbocycles. The number of carbonyl (C=O) groups is 1. The van der Waals surface area contributed by atoms with Gasteiger partial charge in [0.05, 0.1) is 17.6 Å². The lowest BCUT2D eigenvalue weighted by atomic mass is 10.1. The Hall–Kier alpha value is -1.15. The Morgan fingerprint density at radius 2 is 2.05 bits per heavy atom. The first-order chi connectivity index (χ1) is 8.81. The van der Waals surface area contributed by atoms with E-state index in [1.54, 1.807) is 13.8 Å². The minimum Gasteiger partial charge on any atom is -0.465 e. The number of nitrogens with one attached hydrogen (secondary N) is 1. The van der Waals surface area contributed by atoms with E-state index >= 15 is 0 Å². The molecule has 0 heterocycles. The van der Waals surface area contributed by atoms with Crippen molar-refractivity contribution < 1.29 is 17.9 Å². The number of esters is 1. The fraction of sp³-hybridized carbons (Fsp3) is 0.417. The Morgan fingerprint density at radius 3 is 2.50 bits per heavy atom. The molecule has 0 fully saturated rings. The predicted octanol–water partition coefficient (Wildman–Crippen LogP) is 0.829. The molecule has 1 aromatic rings. The molecule has 0 aliphatic rings. The number of hydrogen-bond acceptors (Lipinski definition) is 5. The molecular weight excluding hydrogens is 304 g/mol. The van der Waals surface area contributed by atoms with Gasteiger partial charge in [0.15, 0.2) is 0 Å². The molecule has 0 aliphatic carbocycles. The number of methoxy groups -OCH3 is 1. The van der Waals surface area contributed by atoms with Crippen molar-refractivity contribution >= 4 is 28.4 Å².